The van der Waals surface area contributed by atoms with Gasteiger partial charge in [0.1, 0.15) is 13.0 Å². The number of alkyl halides is 3. The maximum absolute atomic E-state index is 12.5. The Labute approximate surface area is 264 Å². The van der Waals surface area contributed by atoms with Crippen LogP contribution in [0.25, 0.3) is 0 Å². The van der Waals surface area contributed by atoms with E-state index in [0.29, 0.717) is 5.82 Å². The monoisotopic (exact) mass is 603 g/mol. The lowest BCUT2D eigenvalue weighted by Crippen LogP contribution is -2.17. The number of hydrogen-bond acceptors (Lipinski definition) is 1. The average molecular weight is 604 g/mol. The molecule has 0 unspecified atom stereocenters. The zero-order valence-electron chi connectivity index (χ0n) is 27.5. The van der Waals surface area contributed by atoms with Gasteiger partial charge < -0.3 is 4.74 Å². The average Bonchev–Trinajstić information content (AvgIpc) is 2.97. The number of ether oxygens (including phenoxy) is 1. The Bertz CT molecular complexity index is 763. The minimum atomic E-state index is -4.63. The third kappa shape index (κ3) is 17.8. The molecule has 2 saturated carbocycles. The van der Waals surface area contributed by atoms with Gasteiger partial charge in [-0.1, -0.05) is 203 Å². The van der Waals surface area contributed by atoms with E-state index in [9.17, 15) is 13.2 Å². The third-order valence-electron chi connectivity index (χ3n) is 10.5. The van der Waals surface area contributed by atoms with Crippen LogP contribution < -0.4 is 4.74 Å². The van der Waals surface area contributed by atoms with Crippen LogP contribution in [-0.4, -0.2) is 13.6 Å². The summed E-state index contributed by atoms with van der Waals surface area (Å²) in [5, 5.41) is 0. The molecule has 1 aromatic carbocycles. The molecule has 0 N–H and O–H groups in total. The smallest absolute Gasteiger partial charge is 0.406 e. The van der Waals surface area contributed by atoms with Crippen LogP contribution in [0.3, 0.4) is 0 Å². The molecule has 0 amide bonds. The molecule has 1 radical (unpaired) electrons. The normalized spacial score (nSPS) is 24.9. The molecular weight excluding hydrogens is 540 g/mol. The standard InChI is InChI=1S/C38H63BF3O/c40-38(41,42)43-37-30-28-33(29-31-37)32-39-36-26-20-14-12-18-24-35(25-19-13-15-21-27-36)34-22-16-10-8-6-4-2-1-3-5-7-9-11-17-23-34/h28-31,34-36H,1-27,32H2. The van der Waals surface area contributed by atoms with Gasteiger partial charge in [0.25, 0.3) is 0 Å². The molecule has 2 aliphatic carbocycles. The summed E-state index contributed by atoms with van der Waals surface area (Å²) in [4.78, 5) is 0. The van der Waals surface area contributed by atoms with E-state index in [0.717, 1.165) is 23.7 Å². The van der Waals surface area contributed by atoms with Crippen LogP contribution in [0, 0.1) is 11.8 Å². The first kappa shape index (κ1) is 36.3. The highest BCUT2D eigenvalue weighted by atomic mass is 19.4. The first-order valence-corrected chi connectivity index (χ1v) is 18.7. The van der Waals surface area contributed by atoms with Crippen LogP contribution in [0.1, 0.15) is 179 Å². The van der Waals surface area contributed by atoms with Crippen LogP contribution in [0.15, 0.2) is 24.3 Å². The van der Waals surface area contributed by atoms with E-state index < -0.39 is 6.36 Å². The Morgan fingerprint density at radius 1 is 0.488 bits per heavy atom. The summed E-state index contributed by atoms with van der Waals surface area (Å²) in [5.74, 6) is 2.39. The summed E-state index contributed by atoms with van der Waals surface area (Å²) >= 11 is 0. The predicted molar refractivity (Wildman–Crippen MR) is 178 cm³/mol. The van der Waals surface area contributed by atoms with E-state index in [2.05, 4.69) is 12.0 Å². The maximum atomic E-state index is 12.5. The second-order valence-corrected chi connectivity index (χ2v) is 14.1. The van der Waals surface area contributed by atoms with Crippen molar-refractivity contribution >= 4 is 7.28 Å². The molecule has 0 aliphatic heterocycles. The molecule has 0 aromatic heterocycles. The first-order chi connectivity index (χ1) is 21.0. The Kier molecular flexibility index (Phi) is 18.9. The van der Waals surface area contributed by atoms with Gasteiger partial charge in [0, 0.05) is 0 Å². The van der Waals surface area contributed by atoms with Gasteiger partial charge in [-0.15, -0.1) is 13.2 Å². The van der Waals surface area contributed by atoms with Crippen molar-refractivity contribution in [2.24, 2.45) is 11.8 Å². The van der Waals surface area contributed by atoms with Crippen LogP contribution >= 0.6 is 0 Å². The molecule has 2 aliphatic rings. The molecule has 1 aromatic rings. The van der Waals surface area contributed by atoms with Crippen LogP contribution in [-0.2, 0) is 6.32 Å². The summed E-state index contributed by atoms with van der Waals surface area (Å²) in [5.41, 5.74) is 1.06. The van der Waals surface area contributed by atoms with Crippen LogP contribution in [0.4, 0.5) is 13.2 Å². The van der Waals surface area contributed by atoms with E-state index in [1.807, 2.05) is 0 Å². The molecule has 43 heavy (non-hydrogen) atoms. The Morgan fingerprint density at radius 3 is 1.16 bits per heavy atom. The number of rotatable bonds is 5. The van der Waals surface area contributed by atoms with Crippen molar-refractivity contribution in [3.8, 4) is 5.75 Å². The minimum absolute atomic E-state index is 0.140. The van der Waals surface area contributed by atoms with Gasteiger partial charge in [-0.05, 0) is 24.0 Å². The van der Waals surface area contributed by atoms with Crippen molar-refractivity contribution in [3.63, 3.8) is 0 Å². The van der Waals surface area contributed by atoms with E-state index in [4.69, 9.17) is 0 Å². The maximum Gasteiger partial charge on any atom is 0.573 e. The van der Waals surface area contributed by atoms with Crippen molar-refractivity contribution in [1.82, 2.24) is 0 Å². The zero-order chi connectivity index (χ0) is 30.4. The first-order valence-electron chi connectivity index (χ1n) is 18.7. The molecule has 0 heterocycles. The number of hydrogen-bond donors (Lipinski definition) is 0. The van der Waals surface area contributed by atoms with E-state index in [1.165, 1.54) is 185 Å². The molecule has 2 fully saturated rings. The van der Waals surface area contributed by atoms with Crippen molar-refractivity contribution in [3.05, 3.63) is 29.8 Å². The molecular formula is C38H63BF3O. The van der Waals surface area contributed by atoms with Crippen molar-refractivity contribution in [2.45, 2.75) is 192 Å². The Balaban J connectivity index is 1.42. The van der Waals surface area contributed by atoms with Crippen molar-refractivity contribution in [2.75, 3.05) is 0 Å². The topological polar surface area (TPSA) is 9.23 Å². The van der Waals surface area contributed by atoms with Gasteiger partial charge in [-0.25, -0.2) is 0 Å². The number of halogens is 3. The number of benzene rings is 1. The van der Waals surface area contributed by atoms with E-state index in [-0.39, 0.29) is 5.75 Å². The van der Waals surface area contributed by atoms with Crippen molar-refractivity contribution in [1.29, 1.82) is 0 Å². The lowest BCUT2D eigenvalue weighted by atomic mass is 9.57. The van der Waals surface area contributed by atoms with Gasteiger partial charge in [0.2, 0.25) is 0 Å². The van der Waals surface area contributed by atoms with Gasteiger partial charge in [-0.2, -0.15) is 0 Å². The molecule has 0 spiro atoms. The van der Waals surface area contributed by atoms with Gasteiger partial charge in [-0.3, -0.25) is 0 Å². The highest BCUT2D eigenvalue weighted by Gasteiger charge is 2.31. The second kappa shape index (κ2) is 22.4. The largest absolute Gasteiger partial charge is 0.573 e. The Hall–Kier alpha value is -1.13. The molecule has 0 saturated heterocycles. The fourth-order valence-corrected chi connectivity index (χ4v) is 7.83. The molecule has 0 bridgehead atoms. The molecule has 0 atom stereocenters. The SMILES string of the molecule is FC(F)(F)Oc1ccc(C[B]C2CCCCCCC(C3CCCCCCCCCCCCCCC3)CCCCCC2)cc1. The zero-order valence-corrected chi connectivity index (χ0v) is 27.5. The minimum Gasteiger partial charge on any atom is -0.406 e. The fraction of sp³-hybridized carbons (Fsp3) is 0.842. The highest BCUT2D eigenvalue weighted by Crippen LogP contribution is 2.35. The molecule has 5 heteroatoms. The van der Waals surface area contributed by atoms with Gasteiger partial charge in [0.05, 0.1) is 0 Å². The predicted octanol–water partition coefficient (Wildman–Crippen LogP) is 13.4. The van der Waals surface area contributed by atoms with Crippen molar-refractivity contribution < 1.29 is 17.9 Å². The Morgan fingerprint density at radius 2 is 0.814 bits per heavy atom. The summed E-state index contributed by atoms with van der Waals surface area (Å²) < 4.78 is 41.4. The van der Waals surface area contributed by atoms with Crippen LogP contribution in [0.2, 0.25) is 5.82 Å². The quantitative estimate of drug-likeness (QED) is 0.304. The van der Waals surface area contributed by atoms with Gasteiger partial charge >= 0.3 is 6.36 Å². The second-order valence-electron chi connectivity index (χ2n) is 14.1. The lowest BCUT2D eigenvalue weighted by Gasteiger charge is -2.28. The van der Waals surface area contributed by atoms with Gasteiger partial charge in [0.15, 0.2) is 0 Å². The summed E-state index contributed by atoms with van der Waals surface area (Å²) in [6, 6.07) is 6.41. The fourth-order valence-electron chi connectivity index (χ4n) is 7.83. The van der Waals surface area contributed by atoms with Crippen LogP contribution in [0.5, 0.6) is 5.75 Å². The third-order valence-corrected chi connectivity index (χ3v) is 10.5. The molecule has 245 valence electrons. The summed E-state index contributed by atoms with van der Waals surface area (Å²) in [6.45, 7) is 0. The summed E-state index contributed by atoms with van der Waals surface area (Å²) in [7, 11) is 2.43. The molecule has 3 rings (SSSR count). The highest BCUT2D eigenvalue weighted by molar-refractivity contribution is 6.37. The lowest BCUT2D eigenvalue weighted by molar-refractivity contribution is -0.274. The van der Waals surface area contributed by atoms with E-state index >= 15 is 0 Å². The van der Waals surface area contributed by atoms with E-state index in [1.54, 1.807) is 12.1 Å². The molecule has 1 nitrogen and oxygen atoms in total. The summed E-state index contributed by atoms with van der Waals surface area (Å²) in [6.07, 6.45) is 34.4.